The minimum absolute atomic E-state index is 0.123. The minimum Gasteiger partial charge on any atom is -0.493 e. The Kier molecular flexibility index (Phi) is 8.19. The number of hydrogen-bond donors (Lipinski definition) is 3. The van der Waals surface area contributed by atoms with Gasteiger partial charge in [0.25, 0.3) is 0 Å². The first-order chi connectivity index (χ1) is 19.8. The molecule has 0 unspecified atom stereocenters. The molecule has 0 amide bonds. The average molecular weight is 558 g/mol. The third-order valence-electron chi connectivity index (χ3n) is 8.00. The van der Waals surface area contributed by atoms with Crippen molar-refractivity contribution in [3.8, 4) is 17.1 Å². The van der Waals surface area contributed by atoms with E-state index in [1.807, 2.05) is 31.3 Å². The summed E-state index contributed by atoms with van der Waals surface area (Å²) in [7, 11) is 1.48. The molecule has 6 rings (SSSR count). The molecular weight excluding hydrogens is 524 g/mol. The quantitative estimate of drug-likeness (QED) is 0.191. The Hall–Kier alpha value is -4.46. The molecule has 3 aromatic carbocycles. The van der Waals surface area contributed by atoms with E-state index in [2.05, 4.69) is 27.1 Å². The van der Waals surface area contributed by atoms with Gasteiger partial charge in [0.15, 0.2) is 11.6 Å². The summed E-state index contributed by atoms with van der Waals surface area (Å²) in [5.41, 5.74) is 5.12. The van der Waals surface area contributed by atoms with Crippen LogP contribution in [0.3, 0.4) is 0 Å². The molecule has 5 aromatic rings. The van der Waals surface area contributed by atoms with E-state index in [4.69, 9.17) is 9.84 Å². The summed E-state index contributed by atoms with van der Waals surface area (Å²) in [6.45, 7) is 1.85. The maximum atomic E-state index is 14.2. The van der Waals surface area contributed by atoms with Crippen molar-refractivity contribution in [2.75, 3.05) is 7.11 Å². The number of ether oxygens (including phenoxy) is 1. The second kappa shape index (κ2) is 12.0. The number of rotatable bonds is 7. The van der Waals surface area contributed by atoms with Crippen LogP contribution in [0.1, 0.15) is 54.5 Å². The number of imidazole rings is 1. The summed E-state index contributed by atoms with van der Waals surface area (Å²) in [5, 5.41) is 9.97. The van der Waals surface area contributed by atoms with Crippen molar-refractivity contribution in [2.45, 2.75) is 50.9 Å². The van der Waals surface area contributed by atoms with Crippen LogP contribution < -0.4 is 4.74 Å². The highest BCUT2D eigenvalue weighted by Crippen LogP contribution is 2.46. The lowest BCUT2D eigenvalue weighted by Gasteiger charge is -2.29. The third-order valence-corrected chi connectivity index (χ3v) is 8.00. The fourth-order valence-electron chi connectivity index (χ4n) is 5.90. The number of aryl methyl sites for hydroxylation is 2. The number of hydrogen-bond acceptors (Lipinski definition) is 3. The second-order valence-corrected chi connectivity index (χ2v) is 10.5. The normalized spacial score (nSPS) is 14.0. The second-order valence-electron chi connectivity index (χ2n) is 10.5. The van der Waals surface area contributed by atoms with Gasteiger partial charge in [-0.1, -0.05) is 49.2 Å². The van der Waals surface area contributed by atoms with Gasteiger partial charge in [0.1, 0.15) is 11.6 Å². The Bertz CT molecular complexity index is 1670. The molecule has 0 aliphatic heterocycles. The lowest BCUT2D eigenvalue weighted by molar-refractivity contribution is -0.136. The number of benzene rings is 3. The number of nitrogens with one attached hydrogen (secondary N) is 2. The van der Waals surface area contributed by atoms with Crippen LogP contribution in [-0.2, 0) is 16.6 Å². The molecular formula is C33H33F2N3O3. The third kappa shape index (κ3) is 5.73. The zero-order chi connectivity index (χ0) is 29.0. The molecule has 1 aliphatic carbocycles. The highest BCUT2D eigenvalue weighted by molar-refractivity contribution is 5.85. The SMILES string of the molecule is COc1c(F)cc2[nH]ccc2c1C.O=C(O)CCc1cccc(C2(c3cnc(-c4ccccc4F)[nH]3)CCCC2)c1. The molecule has 0 bridgehead atoms. The molecule has 2 aromatic heterocycles. The lowest BCUT2D eigenvalue weighted by Crippen LogP contribution is -2.24. The number of carboxylic acids is 1. The van der Waals surface area contributed by atoms with Crippen molar-refractivity contribution in [1.82, 2.24) is 15.0 Å². The molecule has 212 valence electrons. The van der Waals surface area contributed by atoms with Gasteiger partial charge < -0.3 is 19.8 Å². The van der Waals surface area contributed by atoms with Gasteiger partial charge in [-0.25, -0.2) is 13.8 Å². The van der Waals surface area contributed by atoms with Crippen LogP contribution >= 0.6 is 0 Å². The molecule has 3 N–H and O–H groups in total. The molecule has 1 fully saturated rings. The number of carboxylic acid groups (broad SMARTS) is 1. The Balaban J connectivity index is 0.000000216. The molecule has 0 spiro atoms. The molecule has 8 heteroatoms. The van der Waals surface area contributed by atoms with Crippen molar-refractivity contribution in [3.05, 3.63) is 107 Å². The molecule has 41 heavy (non-hydrogen) atoms. The van der Waals surface area contributed by atoms with Gasteiger partial charge >= 0.3 is 5.97 Å². The van der Waals surface area contributed by atoms with Gasteiger partial charge in [-0.3, -0.25) is 4.79 Å². The first-order valence-corrected chi connectivity index (χ1v) is 13.7. The Labute approximate surface area is 237 Å². The van der Waals surface area contributed by atoms with E-state index >= 15 is 0 Å². The van der Waals surface area contributed by atoms with Crippen LogP contribution in [0.25, 0.3) is 22.3 Å². The molecule has 2 heterocycles. The predicted molar refractivity (Wildman–Crippen MR) is 155 cm³/mol. The van der Waals surface area contributed by atoms with E-state index in [1.165, 1.54) is 24.8 Å². The summed E-state index contributed by atoms with van der Waals surface area (Å²) in [5.74, 6) is -0.535. The molecule has 0 saturated heterocycles. The van der Waals surface area contributed by atoms with Crippen LogP contribution in [0.2, 0.25) is 0 Å². The van der Waals surface area contributed by atoms with Crippen molar-refractivity contribution < 1.29 is 23.4 Å². The maximum Gasteiger partial charge on any atom is 0.303 e. The highest BCUT2D eigenvalue weighted by Gasteiger charge is 2.39. The Morgan fingerprint density at radius 3 is 2.56 bits per heavy atom. The van der Waals surface area contributed by atoms with Gasteiger partial charge in [-0.05, 0) is 55.5 Å². The standard InChI is InChI=1S/C23H23FN2O2.C10H10FNO/c24-19-9-2-1-8-18(19)22-25-15-20(26-22)23(12-3-4-13-23)17-7-5-6-16(14-17)10-11-21(27)28;1-6-7-3-4-12-9(7)5-8(11)10(6)13-2/h1-2,5-9,14-15H,3-4,10-13H2,(H,25,26)(H,27,28);3-5,12H,1-2H3. The predicted octanol–water partition coefficient (Wildman–Crippen LogP) is 7.72. The number of methoxy groups -OCH3 is 1. The van der Waals surface area contributed by atoms with Crippen LogP contribution in [0.4, 0.5) is 8.78 Å². The summed E-state index contributed by atoms with van der Waals surface area (Å²) in [6.07, 6.45) is 8.48. The van der Waals surface area contributed by atoms with Crippen molar-refractivity contribution in [3.63, 3.8) is 0 Å². The van der Waals surface area contributed by atoms with E-state index in [-0.39, 0.29) is 23.5 Å². The monoisotopic (exact) mass is 557 g/mol. The zero-order valence-electron chi connectivity index (χ0n) is 23.1. The van der Waals surface area contributed by atoms with Gasteiger partial charge in [-0.2, -0.15) is 0 Å². The summed E-state index contributed by atoms with van der Waals surface area (Å²) < 4.78 is 32.5. The summed E-state index contributed by atoms with van der Waals surface area (Å²) in [4.78, 5) is 21.7. The summed E-state index contributed by atoms with van der Waals surface area (Å²) in [6, 6.07) is 18.2. The van der Waals surface area contributed by atoms with Gasteiger partial charge in [0, 0.05) is 52.5 Å². The first-order valence-electron chi connectivity index (χ1n) is 13.7. The lowest BCUT2D eigenvalue weighted by atomic mass is 9.76. The number of H-pyrrole nitrogens is 2. The highest BCUT2D eigenvalue weighted by atomic mass is 19.1. The topological polar surface area (TPSA) is 91.0 Å². The van der Waals surface area contributed by atoms with E-state index in [9.17, 15) is 13.6 Å². The molecule has 1 saturated carbocycles. The molecule has 0 radical (unpaired) electrons. The zero-order valence-corrected chi connectivity index (χ0v) is 23.1. The van der Waals surface area contributed by atoms with Crippen LogP contribution in [-0.4, -0.2) is 33.1 Å². The Morgan fingerprint density at radius 2 is 1.83 bits per heavy atom. The number of halogens is 2. The fourth-order valence-corrected chi connectivity index (χ4v) is 5.90. The fraction of sp³-hybridized carbons (Fsp3) is 0.273. The van der Waals surface area contributed by atoms with Crippen molar-refractivity contribution in [2.24, 2.45) is 0 Å². The number of carbonyl (C=O) groups is 1. The van der Waals surface area contributed by atoms with Crippen LogP contribution in [0, 0.1) is 18.6 Å². The van der Waals surface area contributed by atoms with Gasteiger partial charge in [0.05, 0.1) is 12.7 Å². The van der Waals surface area contributed by atoms with Crippen LogP contribution in [0.5, 0.6) is 5.75 Å². The average Bonchev–Trinajstić information content (AvgIpc) is 3.74. The smallest absolute Gasteiger partial charge is 0.303 e. The molecule has 0 atom stereocenters. The van der Waals surface area contributed by atoms with Gasteiger partial charge in [-0.15, -0.1) is 0 Å². The number of aliphatic carboxylic acids is 1. The van der Waals surface area contributed by atoms with Crippen molar-refractivity contribution >= 4 is 16.9 Å². The van der Waals surface area contributed by atoms with Gasteiger partial charge in [0.2, 0.25) is 0 Å². The van der Waals surface area contributed by atoms with E-state index in [0.717, 1.165) is 53.4 Å². The van der Waals surface area contributed by atoms with Crippen LogP contribution in [0.15, 0.2) is 73.1 Å². The van der Waals surface area contributed by atoms with E-state index < -0.39 is 5.97 Å². The van der Waals surface area contributed by atoms with E-state index in [0.29, 0.717) is 23.6 Å². The number of aromatic nitrogens is 3. The summed E-state index contributed by atoms with van der Waals surface area (Å²) >= 11 is 0. The minimum atomic E-state index is -0.788. The number of aromatic amines is 2. The van der Waals surface area contributed by atoms with Crippen molar-refractivity contribution in [1.29, 1.82) is 0 Å². The molecule has 6 nitrogen and oxygen atoms in total. The Morgan fingerprint density at radius 1 is 1.05 bits per heavy atom. The number of fused-ring (bicyclic) bond motifs is 1. The maximum absolute atomic E-state index is 14.2. The largest absolute Gasteiger partial charge is 0.493 e. The molecule has 1 aliphatic rings. The number of nitrogens with zero attached hydrogens (tertiary/aromatic N) is 1. The van der Waals surface area contributed by atoms with E-state index in [1.54, 1.807) is 24.4 Å². The first kappa shape index (κ1) is 28.1.